The van der Waals surface area contributed by atoms with Gasteiger partial charge in [-0.1, -0.05) is 66.7 Å². The smallest absolute Gasteiger partial charge is 0.259 e. The quantitative estimate of drug-likeness (QED) is 0.302. The Balaban J connectivity index is 1.48. The van der Waals surface area contributed by atoms with Crippen molar-refractivity contribution in [3.63, 3.8) is 0 Å². The fraction of sp³-hybridized carbons (Fsp3) is 0.0800. The van der Waals surface area contributed by atoms with Gasteiger partial charge in [0.25, 0.3) is 11.8 Å². The Morgan fingerprint density at radius 3 is 2.13 bits per heavy atom. The van der Waals surface area contributed by atoms with Crippen LogP contribution in [0, 0.1) is 6.92 Å². The number of hydrogen-bond acceptors (Lipinski definition) is 3. The summed E-state index contributed by atoms with van der Waals surface area (Å²) in [7, 11) is 0. The molecule has 5 nitrogen and oxygen atoms in total. The highest BCUT2D eigenvalue weighted by Crippen LogP contribution is 2.27. The van der Waals surface area contributed by atoms with Crippen LogP contribution in [0.4, 0.5) is 0 Å². The molecular weight excluding hydrogens is 374 g/mol. The van der Waals surface area contributed by atoms with Gasteiger partial charge in [-0.3, -0.25) is 9.59 Å². The number of fused-ring (bicyclic) bond motifs is 2. The standard InChI is InChI=1S/C25H21N3O2/c1-17-8-2-5-11-20(17)25(30)26-16-24(29)28-27-15-23-21-12-6-3-9-18(21)14-19-10-4-7-13-22(19)23/h2-15H,16H2,1H3,(H,26,30)(H,28,29). The van der Waals surface area contributed by atoms with E-state index in [1.54, 1.807) is 18.3 Å². The van der Waals surface area contributed by atoms with E-state index in [0.717, 1.165) is 32.7 Å². The lowest BCUT2D eigenvalue weighted by Gasteiger charge is -2.08. The predicted molar refractivity (Wildman–Crippen MR) is 121 cm³/mol. The van der Waals surface area contributed by atoms with Crippen LogP contribution in [0.3, 0.4) is 0 Å². The molecule has 0 aliphatic heterocycles. The lowest BCUT2D eigenvalue weighted by Crippen LogP contribution is -2.35. The van der Waals surface area contributed by atoms with Gasteiger partial charge in [0, 0.05) is 11.1 Å². The SMILES string of the molecule is Cc1ccccc1C(=O)NCC(=O)NN=Cc1c2ccccc2cc2ccccc12. The molecule has 5 heteroatoms. The molecule has 148 valence electrons. The van der Waals surface area contributed by atoms with Gasteiger partial charge in [0.05, 0.1) is 12.8 Å². The van der Waals surface area contributed by atoms with Crippen molar-refractivity contribution in [2.75, 3.05) is 6.54 Å². The van der Waals surface area contributed by atoms with E-state index < -0.39 is 5.91 Å². The maximum Gasteiger partial charge on any atom is 0.259 e. The minimum absolute atomic E-state index is 0.152. The first-order valence-corrected chi connectivity index (χ1v) is 9.70. The highest BCUT2D eigenvalue weighted by Gasteiger charge is 2.10. The Hall–Kier alpha value is -3.99. The Kier molecular flexibility index (Phi) is 5.52. The molecule has 30 heavy (non-hydrogen) atoms. The number of aryl methyl sites for hydroxylation is 1. The minimum atomic E-state index is -0.391. The van der Waals surface area contributed by atoms with Gasteiger partial charge in [-0.15, -0.1) is 0 Å². The molecule has 0 heterocycles. The molecular formula is C25H21N3O2. The zero-order chi connectivity index (χ0) is 20.9. The lowest BCUT2D eigenvalue weighted by molar-refractivity contribution is -0.120. The summed E-state index contributed by atoms with van der Waals surface area (Å²) in [4.78, 5) is 24.4. The van der Waals surface area contributed by atoms with E-state index in [9.17, 15) is 9.59 Å². The third-order valence-electron chi connectivity index (χ3n) is 5.00. The first-order chi connectivity index (χ1) is 14.6. The predicted octanol–water partition coefficient (Wildman–Crippen LogP) is 4.18. The molecule has 0 atom stereocenters. The van der Waals surface area contributed by atoms with Gasteiger partial charge in [-0.2, -0.15) is 5.10 Å². The first-order valence-electron chi connectivity index (χ1n) is 9.70. The number of nitrogens with zero attached hydrogens (tertiary/aromatic N) is 1. The molecule has 2 amide bonds. The third kappa shape index (κ3) is 4.05. The van der Waals surface area contributed by atoms with Crippen LogP contribution >= 0.6 is 0 Å². The summed E-state index contributed by atoms with van der Waals surface area (Å²) in [6.07, 6.45) is 1.66. The van der Waals surface area contributed by atoms with Gasteiger partial charge in [-0.05, 0) is 46.2 Å². The number of rotatable bonds is 5. The van der Waals surface area contributed by atoms with Gasteiger partial charge < -0.3 is 5.32 Å². The largest absolute Gasteiger partial charge is 0.343 e. The summed E-state index contributed by atoms with van der Waals surface area (Å²) in [6.45, 7) is 1.70. The summed E-state index contributed by atoms with van der Waals surface area (Å²) in [5.74, 6) is -0.676. The Morgan fingerprint density at radius 2 is 1.47 bits per heavy atom. The zero-order valence-electron chi connectivity index (χ0n) is 16.6. The maximum absolute atomic E-state index is 12.2. The van der Waals surface area contributed by atoms with Crippen molar-refractivity contribution in [1.29, 1.82) is 0 Å². The second kappa shape index (κ2) is 8.57. The summed E-state index contributed by atoms with van der Waals surface area (Å²) in [6, 6.07) is 25.5. The Labute approximate surface area is 174 Å². The van der Waals surface area contributed by atoms with Gasteiger partial charge in [0.15, 0.2) is 0 Å². The van der Waals surface area contributed by atoms with Gasteiger partial charge in [-0.25, -0.2) is 5.43 Å². The van der Waals surface area contributed by atoms with Crippen LogP contribution in [-0.2, 0) is 4.79 Å². The Bertz CT molecular complexity index is 1220. The molecule has 0 fully saturated rings. The molecule has 0 aliphatic carbocycles. The molecule has 0 saturated carbocycles. The summed E-state index contributed by atoms with van der Waals surface area (Å²) in [5.41, 5.74) is 4.85. The molecule has 0 radical (unpaired) electrons. The van der Waals surface area contributed by atoms with Gasteiger partial charge in [0.2, 0.25) is 0 Å². The Morgan fingerprint density at radius 1 is 0.867 bits per heavy atom. The van der Waals surface area contributed by atoms with E-state index in [1.165, 1.54) is 0 Å². The molecule has 0 saturated heterocycles. The van der Waals surface area contributed by atoms with Crippen LogP contribution in [0.2, 0.25) is 0 Å². The van der Waals surface area contributed by atoms with Crippen molar-refractivity contribution in [3.05, 3.63) is 95.6 Å². The highest BCUT2D eigenvalue weighted by atomic mass is 16.2. The van der Waals surface area contributed by atoms with Crippen LogP contribution < -0.4 is 10.7 Å². The van der Waals surface area contributed by atoms with E-state index in [2.05, 4.69) is 34.0 Å². The second-order valence-corrected chi connectivity index (χ2v) is 7.02. The molecule has 0 aliphatic rings. The number of hydrogen-bond donors (Lipinski definition) is 2. The summed E-state index contributed by atoms with van der Waals surface area (Å²) in [5, 5.41) is 11.1. The number of amides is 2. The molecule has 4 aromatic rings. The van der Waals surface area contributed by atoms with E-state index in [4.69, 9.17) is 0 Å². The molecule has 4 aromatic carbocycles. The molecule has 0 unspecified atom stereocenters. The van der Waals surface area contributed by atoms with E-state index in [1.807, 2.05) is 55.5 Å². The second-order valence-electron chi connectivity index (χ2n) is 7.02. The first kappa shape index (κ1) is 19.3. The van der Waals surface area contributed by atoms with Crippen molar-refractivity contribution < 1.29 is 9.59 Å². The average Bonchev–Trinajstić information content (AvgIpc) is 2.77. The number of carbonyl (C=O) groups excluding carboxylic acids is 2. The fourth-order valence-electron chi connectivity index (χ4n) is 3.48. The maximum atomic E-state index is 12.2. The van der Waals surface area contributed by atoms with Crippen molar-refractivity contribution in [2.45, 2.75) is 6.92 Å². The van der Waals surface area contributed by atoms with Gasteiger partial charge >= 0.3 is 0 Å². The minimum Gasteiger partial charge on any atom is -0.343 e. The van der Waals surface area contributed by atoms with Crippen LogP contribution in [-0.4, -0.2) is 24.6 Å². The van der Waals surface area contributed by atoms with Crippen LogP contribution in [0.5, 0.6) is 0 Å². The number of hydrazone groups is 1. The molecule has 0 bridgehead atoms. The van der Waals surface area contributed by atoms with Crippen LogP contribution in [0.15, 0.2) is 84.0 Å². The summed E-state index contributed by atoms with van der Waals surface area (Å²) < 4.78 is 0. The highest BCUT2D eigenvalue weighted by molar-refractivity contribution is 6.13. The third-order valence-corrected chi connectivity index (χ3v) is 5.00. The zero-order valence-corrected chi connectivity index (χ0v) is 16.6. The van der Waals surface area contributed by atoms with Crippen molar-refractivity contribution in [1.82, 2.24) is 10.7 Å². The van der Waals surface area contributed by atoms with Crippen molar-refractivity contribution >= 4 is 39.6 Å². The van der Waals surface area contributed by atoms with Crippen LogP contribution in [0.25, 0.3) is 21.5 Å². The van der Waals surface area contributed by atoms with E-state index >= 15 is 0 Å². The molecule has 2 N–H and O–H groups in total. The number of nitrogens with one attached hydrogen (secondary N) is 2. The van der Waals surface area contributed by atoms with Gasteiger partial charge in [0.1, 0.15) is 0 Å². The summed E-state index contributed by atoms with van der Waals surface area (Å²) >= 11 is 0. The molecule has 0 aromatic heterocycles. The molecule has 4 rings (SSSR count). The number of carbonyl (C=O) groups is 2. The van der Waals surface area contributed by atoms with Crippen molar-refractivity contribution in [2.24, 2.45) is 5.10 Å². The van der Waals surface area contributed by atoms with E-state index in [-0.39, 0.29) is 12.5 Å². The lowest BCUT2D eigenvalue weighted by atomic mass is 9.97. The van der Waals surface area contributed by atoms with Crippen LogP contribution in [0.1, 0.15) is 21.5 Å². The van der Waals surface area contributed by atoms with E-state index in [0.29, 0.717) is 5.56 Å². The fourth-order valence-corrected chi connectivity index (χ4v) is 3.48. The van der Waals surface area contributed by atoms with Crippen molar-refractivity contribution in [3.8, 4) is 0 Å². The molecule has 0 spiro atoms. The topological polar surface area (TPSA) is 70.6 Å². The average molecular weight is 395 g/mol. The normalized spacial score (nSPS) is 11.1. The number of benzene rings is 4. The monoisotopic (exact) mass is 395 g/mol.